The molecule has 0 aromatic heterocycles. The maximum atomic E-state index is 3.78. The molecule has 1 aliphatic heterocycles. The van der Waals surface area contributed by atoms with E-state index in [0.29, 0.717) is 0 Å². The maximum Gasteiger partial charge on any atom is 0.214 e. The van der Waals surface area contributed by atoms with Gasteiger partial charge in [-0.05, 0) is 44.0 Å². The van der Waals surface area contributed by atoms with Crippen LogP contribution in [0.1, 0.15) is 0 Å². The van der Waals surface area contributed by atoms with Crippen LogP contribution >= 0.6 is 43.6 Å². The van der Waals surface area contributed by atoms with E-state index < -0.39 is 0 Å². The largest absolute Gasteiger partial charge is 0.377 e. The summed E-state index contributed by atoms with van der Waals surface area (Å²) in [5, 5.41) is 3.62. The Morgan fingerprint density at radius 1 is 1.23 bits per heavy atom. The summed E-state index contributed by atoms with van der Waals surface area (Å²) in [6.07, 6.45) is 4.39. The van der Waals surface area contributed by atoms with Crippen LogP contribution in [0.5, 0.6) is 0 Å². The van der Waals surface area contributed by atoms with Gasteiger partial charge in [0.15, 0.2) is 0 Å². The van der Waals surface area contributed by atoms with Crippen LogP contribution in [-0.2, 0) is 0 Å². The van der Waals surface area contributed by atoms with Gasteiger partial charge in [0, 0.05) is 25.1 Å². The minimum atomic E-state index is 0.229. The highest BCUT2D eigenvalue weighted by Crippen LogP contribution is 2.50. The van der Waals surface area contributed by atoms with Crippen molar-refractivity contribution in [3.63, 3.8) is 0 Å². The normalized spacial score (nSPS) is 19.5. The molecule has 0 bridgehead atoms. The van der Waals surface area contributed by atoms with Gasteiger partial charge in [0.25, 0.3) is 0 Å². The number of nitrogens with one attached hydrogen (secondary N) is 1. The predicted octanol–water partition coefficient (Wildman–Crippen LogP) is 4.29. The molecule has 1 aromatic rings. The van der Waals surface area contributed by atoms with Crippen molar-refractivity contribution in [2.75, 3.05) is 38.4 Å². The fourth-order valence-corrected chi connectivity index (χ4v) is 5.59. The monoisotopic (exact) mass is 442 g/mol. The van der Waals surface area contributed by atoms with E-state index in [1.807, 2.05) is 11.8 Å². The van der Waals surface area contributed by atoms with Gasteiger partial charge in [-0.3, -0.25) is 0 Å². The smallest absolute Gasteiger partial charge is 0.214 e. The van der Waals surface area contributed by atoms with E-state index >= 15 is 0 Å². The molecule has 1 atom stereocenters. The van der Waals surface area contributed by atoms with Crippen molar-refractivity contribution in [3.8, 4) is 0 Å². The van der Waals surface area contributed by atoms with Gasteiger partial charge in [0.2, 0.25) is 5.71 Å². The van der Waals surface area contributed by atoms with Crippen LogP contribution in [0.25, 0.3) is 0 Å². The van der Waals surface area contributed by atoms with Crippen molar-refractivity contribution >= 4 is 60.7 Å². The van der Waals surface area contributed by atoms with Crippen molar-refractivity contribution in [2.24, 2.45) is 0 Å². The Morgan fingerprint density at radius 2 is 1.95 bits per heavy atom. The van der Waals surface area contributed by atoms with Crippen molar-refractivity contribution in [2.45, 2.75) is 10.9 Å². The summed E-state index contributed by atoms with van der Waals surface area (Å²) < 4.78 is 4.43. The first kappa shape index (κ1) is 16.1. The van der Waals surface area contributed by atoms with Crippen LogP contribution in [-0.4, -0.2) is 44.5 Å². The number of benzene rings is 1. The third-order valence-corrected chi connectivity index (χ3v) is 7.20. The molecule has 6 heteroatoms. The number of nitrogens with zero attached hydrogens (tertiary/aromatic N) is 2. The minimum Gasteiger partial charge on any atom is -0.377 e. The second kappa shape index (κ2) is 6.06. The number of anilines is 2. The molecule has 0 radical (unpaired) electrons. The zero-order chi connectivity index (χ0) is 16.0. The first-order valence-electron chi connectivity index (χ1n) is 6.97. The fourth-order valence-electron chi connectivity index (χ4n) is 2.56. The average molecular weight is 444 g/mol. The molecule has 116 valence electrons. The Kier molecular flexibility index (Phi) is 4.45. The lowest BCUT2D eigenvalue weighted by atomic mass is 10.1. The topological polar surface area (TPSA) is 18.3 Å². The van der Waals surface area contributed by atoms with Gasteiger partial charge < -0.3 is 10.2 Å². The highest BCUT2D eigenvalue weighted by molar-refractivity contribution is 9.12. The number of thioether (sulfide) groups is 1. The average Bonchev–Trinajstić information content (AvgIpc) is 2.46. The van der Waals surface area contributed by atoms with Gasteiger partial charge in [-0.2, -0.15) is 0 Å². The van der Waals surface area contributed by atoms with E-state index in [1.165, 1.54) is 26.9 Å². The molecule has 0 spiro atoms. The molecule has 0 fully saturated rings. The lowest BCUT2D eigenvalue weighted by Gasteiger charge is -2.31. The Labute approximate surface area is 152 Å². The van der Waals surface area contributed by atoms with Crippen molar-refractivity contribution in [3.05, 3.63) is 38.1 Å². The standard InChI is InChI=1S/C16H18Br2N3S/c1-20(2)11-7-5-9-15(13(11)17)22-16-10(19-9)6-8-12(14(16)18)21(3)4/h5-9,19H,1-4H3/q+1. The number of rotatable bonds is 1. The molecule has 2 aliphatic rings. The first-order valence-corrected chi connectivity index (χ1v) is 9.37. The molecular weight excluding hydrogens is 426 g/mol. The number of hydrogen-bond donors (Lipinski definition) is 1. The zero-order valence-corrected chi connectivity index (χ0v) is 16.9. The Hall–Kier alpha value is -0.720. The molecule has 3 nitrogen and oxygen atoms in total. The zero-order valence-electron chi connectivity index (χ0n) is 12.9. The molecule has 0 saturated carbocycles. The quantitative estimate of drug-likeness (QED) is 0.653. The summed E-state index contributed by atoms with van der Waals surface area (Å²) in [6.45, 7) is 0. The van der Waals surface area contributed by atoms with E-state index in [0.717, 1.165) is 8.96 Å². The molecule has 1 aromatic carbocycles. The third-order valence-electron chi connectivity index (χ3n) is 3.73. The molecule has 1 unspecified atom stereocenters. The molecule has 1 aliphatic carbocycles. The lowest BCUT2D eigenvalue weighted by Crippen LogP contribution is -2.28. The second-order valence-electron chi connectivity index (χ2n) is 5.71. The molecular formula is C16H18Br2N3S+. The van der Waals surface area contributed by atoms with Gasteiger partial charge in [0.05, 0.1) is 26.8 Å². The van der Waals surface area contributed by atoms with Gasteiger partial charge >= 0.3 is 0 Å². The highest BCUT2D eigenvalue weighted by atomic mass is 79.9. The van der Waals surface area contributed by atoms with E-state index in [9.17, 15) is 0 Å². The number of fused-ring (bicyclic) bond motifs is 2. The molecule has 22 heavy (non-hydrogen) atoms. The van der Waals surface area contributed by atoms with Gasteiger partial charge in [-0.1, -0.05) is 17.8 Å². The Balaban J connectivity index is 2.11. The van der Waals surface area contributed by atoms with E-state index in [-0.39, 0.29) is 6.04 Å². The van der Waals surface area contributed by atoms with E-state index in [2.05, 4.69) is 99.1 Å². The van der Waals surface area contributed by atoms with Crippen LogP contribution < -0.4 is 10.2 Å². The number of halogens is 2. The lowest BCUT2D eigenvalue weighted by molar-refractivity contribution is -0.462. The maximum absolute atomic E-state index is 3.78. The van der Waals surface area contributed by atoms with Gasteiger partial charge in [-0.25, -0.2) is 4.58 Å². The van der Waals surface area contributed by atoms with E-state index in [1.54, 1.807) is 0 Å². The highest BCUT2D eigenvalue weighted by Gasteiger charge is 2.32. The van der Waals surface area contributed by atoms with Crippen LogP contribution in [0.15, 0.2) is 43.0 Å². The summed E-state index contributed by atoms with van der Waals surface area (Å²) in [7, 11) is 8.26. The van der Waals surface area contributed by atoms with Crippen molar-refractivity contribution in [1.29, 1.82) is 0 Å². The number of hydrogen-bond acceptors (Lipinski definition) is 3. The number of allylic oxidation sites excluding steroid dienone is 2. The summed E-state index contributed by atoms with van der Waals surface area (Å²) in [4.78, 5) is 4.66. The molecule has 3 rings (SSSR count). The SMILES string of the molecule is CN(C)c1ccc2c(c1Br)SC1=C(Br)C(=[N+](C)C)C=CC1N2. The van der Waals surface area contributed by atoms with Crippen molar-refractivity contribution < 1.29 is 4.58 Å². The Morgan fingerprint density at radius 3 is 2.59 bits per heavy atom. The summed E-state index contributed by atoms with van der Waals surface area (Å²) in [6, 6.07) is 4.53. The van der Waals surface area contributed by atoms with Crippen LogP contribution in [0.4, 0.5) is 11.4 Å². The first-order chi connectivity index (χ1) is 10.4. The third kappa shape index (κ3) is 2.65. The molecule has 1 heterocycles. The van der Waals surface area contributed by atoms with Crippen LogP contribution in [0.2, 0.25) is 0 Å². The summed E-state index contributed by atoms with van der Waals surface area (Å²) in [5.74, 6) is 0. The van der Waals surface area contributed by atoms with Crippen LogP contribution in [0.3, 0.4) is 0 Å². The fraction of sp³-hybridized carbons (Fsp3) is 0.312. The molecule has 0 amide bonds. The minimum absolute atomic E-state index is 0.229. The molecule has 0 saturated heterocycles. The van der Waals surface area contributed by atoms with E-state index in [4.69, 9.17) is 0 Å². The second-order valence-corrected chi connectivity index (χ2v) is 8.35. The van der Waals surface area contributed by atoms with Crippen molar-refractivity contribution in [1.82, 2.24) is 0 Å². The molecule has 1 N–H and O–H groups in total. The van der Waals surface area contributed by atoms with Crippen LogP contribution in [0, 0.1) is 0 Å². The summed E-state index contributed by atoms with van der Waals surface area (Å²) in [5.41, 5.74) is 3.56. The predicted molar refractivity (Wildman–Crippen MR) is 104 cm³/mol. The van der Waals surface area contributed by atoms with Gasteiger partial charge in [-0.15, -0.1) is 0 Å². The van der Waals surface area contributed by atoms with Gasteiger partial charge in [0.1, 0.15) is 18.6 Å². The Bertz CT molecular complexity index is 731. The summed E-state index contributed by atoms with van der Waals surface area (Å²) >= 11 is 9.38.